The second-order valence-electron chi connectivity index (χ2n) is 8.38. The first-order chi connectivity index (χ1) is 12.5. The number of amides is 1. The fourth-order valence-electron chi connectivity index (χ4n) is 3.71. The van der Waals surface area contributed by atoms with Crippen molar-refractivity contribution in [2.24, 2.45) is 11.3 Å². The van der Waals surface area contributed by atoms with E-state index in [9.17, 15) is 22.7 Å². The van der Waals surface area contributed by atoms with Crippen LogP contribution in [-0.2, 0) is 21.4 Å². The lowest BCUT2D eigenvalue weighted by Crippen LogP contribution is -2.30. The van der Waals surface area contributed by atoms with E-state index in [1.807, 2.05) is 0 Å². The van der Waals surface area contributed by atoms with Crippen LogP contribution in [0.25, 0.3) is 0 Å². The maximum Gasteiger partial charge on any atom is 0.326 e. The van der Waals surface area contributed by atoms with Crippen molar-refractivity contribution < 1.29 is 22.7 Å². The van der Waals surface area contributed by atoms with Crippen LogP contribution >= 0.6 is 0 Å². The number of nitrogens with one attached hydrogen (secondary N) is 1. The second-order valence-corrected chi connectivity index (χ2v) is 9.98. The van der Waals surface area contributed by atoms with Crippen molar-refractivity contribution in [1.82, 2.24) is 9.62 Å². The van der Waals surface area contributed by atoms with Gasteiger partial charge in [0.1, 0.15) is 18.0 Å². The number of nitrogens with zero attached hydrogens (tertiary/aromatic N) is 2. The highest BCUT2D eigenvalue weighted by molar-refractivity contribution is 7.92. The number of anilines is 1. The third-order valence-corrected chi connectivity index (χ3v) is 6.76. The number of benzene rings is 1. The molecule has 9 heteroatoms. The van der Waals surface area contributed by atoms with E-state index in [1.165, 1.54) is 12.1 Å². The summed E-state index contributed by atoms with van der Waals surface area (Å²) in [6.07, 6.45) is 1.68. The molecular formula is C18H26FN3O4S. The summed E-state index contributed by atoms with van der Waals surface area (Å²) >= 11 is 0. The number of hydrogen-bond donors (Lipinski definition) is 2. The zero-order valence-corrected chi connectivity index (χ0v) is 16.6. The normalized spacial score (nSPS) is 23.0. The second kappa shape index (κ2) is 6.94. The minimum atomic E-state index is -4.17. The summed E-state index contributed by atoms with van der Waals surface area (Å²) in [6, 6.07) is 2.60. The maximum atomic E-state index is 14.5. The summed E-state index contributed by atoms with van der Waals surface area (Å²) in [5.74, 6) is -1.49. The number of rotatable bonds is 4. The zero-order valence-electron chi connectivity index (χ0n) is 15.8. The van der Waals surface area contributed by atoms with Gasteiger partial charge in [0.15, 0.2) is 5.82 Å². The van der Waals surface area contributed by atoms with Crippen molar-refractivity contribution in [2.75, 3.05) is 30.5 Å². The van der Waals surface area contributed by atoms with Crippen LogP contribution < -0.4 is 9.03 Å². The number of likely N-dealkylation sites (tertiary alicyclic amines) is 1. The van der Waals surface area contributed by atoms with Gasteiger partial charge in [0.25, 0.3) is 5.91 Å². The molecule has 1 unspecified atom stereocenters. The molecular weight excluding hydrogens is 373 g/mol. The van der Waals surface area contributed by atoms with E-state index in [1.54, 1.807) is 4.72 Å². The molecule has 0 spiro atoms. The Morgan fingerprint density at radius 3 is 2.56 bits per heavy atom. The molecule has 7 nitrogen and oxygen atoms in total. The van der Waals surface area contributed by atoms with Crippen LogP contribution in [0.4, 0.5) is 10.1 Å². The lowest BCUT2D eigenvalue weighted by atomic mass is 9.80. The Balaban J connectivity index is 1.70. The molecule has 2 heterocycles. The van der Waals surface area contributed by atoms with Crippen LogP contribution in [0.2, 0.25) is 0 Å². The van der Waals surface area contributed by atoms with E-state index in [2.05, 4.69) is 25.7 Å². The van der Waals surface area contributed by atoms with Crippen LogP contribution in [-0.4, -0.2) is 50.5 Å². The number of halogens is 1. The summed E-state index contributed by atoms with van der Waals surface area (Å²) in [4.78, 5) is 13.7. The molecule has 2 N–H and O–H groups in total. The molecule has 2 aliphatic rings. The molecule has 0 bridgehead atoms. The molecule has 3 rings (SSSR count). The van der Waals surface area contributed by atoms with Crippen LogP contribution in [0.5, 0.6) is 5.75 Å². The van der Waals surface area contributed by atoms with Gasteiger partial charge in [0, 0.05) is 13.1 Å². The number of phenols is 1. The first-order valence-corrected chi connectivity index (χ1v) is 10.5. The fourth-order valence-corrected chi connectivity index (χ4v) is 4.88. The average molecular weight is 399 g/mol. The van der Waals surface area contributed by atoms with Gasteiger partial charge in [-0.25, -0.2) is 13.4 Å². The molecule has 1 aromatic rings. The highest BCUT2D eigenvalue weighted by atomic mass is 32.2. The summed E-state index contributed by atoms with van der Waals surface area (Å²) in [5.41, 5.74) is 0.350. The van der Waals surface area contributed by atoms with Gasteiger partial charge in [-0.3, -0.25) is 4.79 Å². The van der Waals surface area contributed by atoms with Gasteiger partial charge in [-0.05, 0) is 48.4 Å². The SMILES string of the molecule is CC(C)(C)C1CCN(CCc2cc(O)c(N3CC(=O)NS3(=O)=O)c(F)c2)C1. The Hall–Kier alpha value is -1.87. The van der Waals surface area contributed by atoms with Crippen LogP contribution in [0.3, 0.4) is 0 Å². The highest BCUT2D eigenvalue weighted by Crippen LogP contribution is 2.36. The van der Waals surface area contributed by atoms with Crippen LogP contribution in [0.15, 0.2) is 12.1 Å². The Labute approximate surface area is 159 Å². The van der Waals surface area contributed by atoms with E-state index < -0.39 is 39.9 Å². The van der Waals surface area contributed by atoms with Crippen molar-refractivity contribution in [1.29, 1.82) is 0 Å². The largest absolute Gasteiger partial charge is 0.506 e. The Morgan fingerprint density at radius 2 is 2.04 bits per heavy atom. The molecule has 2 saturated heterocycles. The van der Waals surface area contributed by atoms with E-state index >= 15 is 0 Å². The van der Waals surface area contributed by atoms with E-state index in [0.29, 0.717) is 22.2 Å². The molecule has 27 heavy (non-hydrogen) atoms. The number of carbonyl (C=O) groups is 1. The number of carbonyl (C=O) groups excluding carboxylic acids is 1. The molecule has 2 aliphatic heterocycles. The average Bonchev–Trinajstić information content (AvgIpc) is 3.09. The number of phenolic OH excluding ortho intramolecular Hbond substituents is 1. The molecule has 2 fully saturated rings. The van der Waals surface area contributed by atoms with E-state index in [0.717, 1.165) is 26.1 Å². The quantitative estimate of drug-likeness (QED) is 0.803. The van der Waals surface area contributed by atoms with Crippen molar-refractivity contribution in [3.8, 4) is 5.75 Å². The smallest absolute Gasteiger partial charge is 0.326 e. The van der Waals surface area contributed by atoms with Gasteiger partial charge in [-0.15, -0.1) is 0 Å². The maximum absolute atomic E-state index is 14.5. The lowest BCUT2D eigenvalue weighted by Gasteiger charge is -2.27. The summed E-state index contributed by atoms with van der Waals surface area (Å²) in [6.45, 7) is 8.89. The molecule has 0 radical (unpaired) electrons. The lowest BCUT2D eigenvalue weighted by molar-refractivity contribution is -0.117. The Bertz CT molecular complexity index is 828. The standard InChI is InChI=1S/C18H26FN3O4S/c1-18(2,3)13-5-7-21(10-13)6-4-12-8-14(19)17(15(23)9-12)22-11-16(24)20-27(22,25)26/h8-9,13,23H,4-7,10-11H2,1-3H3,(H,20,24). The van der Waals surface area contributed by atoms with Crippen LogP contribution in [0.1, 0.15) is 32.8 Å². The van der Waals surface area contributed by atoms with Gasteiger partial charge in [0.2, 0.25) is 0 Å². The zero-order chi connectivity index (χ0) is 20.0. The monoisotopic (exact) mass is 399 g/mol. The van der Waals surface area contributed by atoms with E-state index in [-0.39, 0.29) is 5.41 Å². The van der Waals surface area contributed by atoms with E-state index in [4.69, 9.17) is 0 Å². The molecule has 1 aromatic carbocycles. The molecule has 1 atom stereocenters. The predicted octanol–water partition coefficient (Wildman–Crippen LogP) is 1.62. The fraction of sp³-hybridized carbons (Fsp3) is 0.611. The van der Waals surface area contributed by atoms with Gasteiger partial charge in [0.05, 0.1) is 0 Å². The Kier molecular flexibility index (Phi) is 5.11. The molecule has 0 aliphatic carbocycles. The van der Waals surface area contributed by atoms with Gasteiger partial charge < -0.3 is 10.0 Å². The van der Waals surface area contributed by atoms with Crippen LogP contribution in [0, 0.1) is 17.2 Å². The summed E-state index contributed by atoms with van der Waals surface area (Å²) in [7, 11) is -4.17. The van der Waals surface area contributed by atoms with Gasteiger partial charge in [-0.2, -0.15) is 8.42 Å². The molecule has 0 aromatic heterocycles. The van der Waals surface area contributed by atoms with Gasteiger partial charge in [-0.1, -0.05) is 20.8 Å². The van der Waals surface area contributed by atoms with Gasteiger partial charge >= 0.3 is 10.2 Å². The van der Waals surface area contributed by atoms with Crippen molar-refractivity contribution in [3.63, 3.8) is 0 Å². The number of hydrogen-bond acceptors (Lipinski definition) is 5. The predicted molar refractivity (Wildman–Crippen MR) is 100 cm³/mol. The topological polar surface area (TPSA) is 89.9 Å². The molecule has 0 saturated carbocycles. The van der Waals surface area contributed by atoms with Crippen molar-refractivity contribution >= 4 is 21.8 Å². The number of aromatic hydroxyl groups is 1. The first kappa shape index (κ1) is 19.9. The van der Waals surface area contributed by atoms with Crippen molar-refractivity contribution in [2.45, 2.75) is 33.6 Å². The van der Waals surface area contributed by atoms with Crippen molar-refractivity contribution in [3.05, 3.63) is 23.5 Å². The third kappa shape index (κ3) is 4.19. The Morgan fingerprint density at radius 1 is 1.33 bits per heavy atom. The minimum absolute atomic E-state index is 0.257. The third-order valence-electron chi connectivity index (χ3n) is 5.39. The molecule has 1 amide bonds. The first-order valence-electron chi connectivity index (χ1n) is 9.04. The molecule has 150 valence electrons. The summed E-state index contributed by atoms with van der Waals surface area (Å²) in [5, 5.41) is 10.2. The summed E-state index contributed by atoms with van der Waals surface area (Å²) < 4.78 is 40.6. The highest BCUT2D eigenvalue weighted by Gasteiger charge is 2.37. The minimum Gasteiger partial charge on any atom is -0.506 e.